The van der Waals surface area contributed by atoms with Crippen LogP contribution in [-0.2, 0) is 5.11 Å². The van der Waals surface area contributed by atoms with Crippen LogP contribution >= 0.6 is 0 Å². The first-order chi connectivity index (χ1) is 13.7. The van der Waals surface area contributed by atoms with E-state index in [4.69, 9.17) is 0 Å². The molecule has 4 aliphatic carbocycles. The average molecular weight is 402 g/mol. The number of aliphatic hydroxyl groups excluding tert-OH is 1. The lowest BCUT2D eigenvalue weighted by Gasteiger charge is -2.58. The van der Waals surface area contributed by atoms with Crippen LogP contribution in [0.15, 0.2) is 11.6 Å². The van der Waals surface area contributed by atoms with Gasteiger partial charge in [0.25, 0.3) is 0 Å². The van der Waals surface area contributed by atoms with Gasteiger partial charge in [0.05, 0.1) is 6.10 Å². The summed E-state index contributed by atoms with van der Waals surface area (Å²) in [7, 11) is 0. The van der Waals surface area contributed by atoms with Gasteiger partial charge in [-0.2, -0.15) is 0 Å². The average Bonchev–Trinajstić information content (AvgIpc) is 3.00. The highest BCUT2D eigenvalue weighted by atomic mass is 16.3. The van der Waals surface area contributed by atoms with Crippen LogP contribution in [0.25, 0.3) is 0 Å². The minimum atomic E-state index is -0.790. The Kier molecular flexibility index (Phi) is 6.01. The molecular formula is C27H45O2. The second-order valence-electron chi connectivity index (χ2n) is 12.3. The molecule has 4 aliphatic rings. The van der Waals surface area contributed by atoms with E-state index in [1.165, 1.54) is 56.9 Å². The molecular weight excluding hydrogens is 356 g/mol. The fraction of sp³-hybridized carbons (Fsp3) is 0.926. The van der Waals surface area contributed by atoms with Crippen molar-refractivity contribution >= 4 is 0 Å². The molecule has 0 bridgehead atoms. The number of rotatable bonds is 5. The highest BCUT2D eigenvalue weighted by Crippen LogP contribution is 2.67. The van der Waals surface area contributed by atoms with Crippen molar-refractivity contribution in [3.63, 3.8) is 0 Å². The summed E-state index contributed by atoms with van der Waals surface area (Å²) < 4.78 is 0. The van der Waals surface area contributed by atoms with Crippen LogP contribution < -0.4 is 0 Å². The van der Waals surface area contributed by atoms with Gasteiger partial charge in [-0.05, 0) is 91.3 Å². The van der Waals surface area contributed by atoms with E-state index in [2.05, 4.69) is 40.7 Å². The summed E-state index contributed by atoms with van der Waals surface area (Å²) in [6.45, 7) is 12.2. The normalized spacial score (nSPS) is 47.9. The van der Waals surface area contributed by atoms with E-state index in [0.717, 1.165) is 29.6 Å². The molecule has 0 saturated heterocycles. The number of aliphatic hydroxyl groups is 1. The molecule has 2 heteroatoms. The Morgan fingerprint density at radius 2 is 1.86 bits per heavy atom. The van der Waals surface area contributed by atoms with Gasteiger partial charge in [0, 0.05) is 0 Å². The van der Waals surface area contributed by atoms with Gasteiger partial charge in [0.1, 0.15) is 6.10 Å². The lowest BCUT2D eigenvalue weighted by Crippen LogP contribution is -2.53. The van der Waals surface area contributed by atoms with E-state index >= 15 is 0 Å². The van der Waals surface area contributed by atoms with Crippen LogP contribution in [0.3, 0.4) is 0 Å². The standard InChI is InChI=1S/C27H45O2/c1-17(2)7-6-8-18(3)21-11-12-22-20-10-9-19-15-24(28)25(29)16-27(19,5)23(20)13-14-26(21,22)4/h9,17-18,20-25,28H,6-8,10-16H2,1-5H3/t18-,20+,21-,22+,23+,24-,25?,26-,27+/m1/s1. The van der Waals surface area contributed by atoms with E-state index in [1.807, 2.05) is 0 Å². The number of hydrogen-bond donors (Lipinski definition) is 1. The predicted octanol–water partition coefficient (Wildman–Crippen LogP) is 6.80. The first-order valence-electron chi connectivity index (χ1n) is 12.7. The van der Waals surface area contributed by atoms with Crippen molar-refractivity contribution in [1.29, 1.82) is 0 Å². The van der Waals surface area contributed by atoms with Gasteiger partial charge in [-0.25, -0.2) is 5.11 Å². The van der Waals surface area contributed by atoms with Gasteiger partial charge in [-0.1, -0.05) is 65.5 Å². The lowest BCUT2D eigenvalue weighted by atomic mass is 9.46. The molecule has 0 aromatic rings. The fourth-order valence-electron chi connectivity index (χ4n) is 8.69. The molecule has 165 valence electrons. The van der Waals surface area contributed by atoms with Crippen molar-refractivity contribution in [3.8, 4) is 0 Å². The maximum atomic E-state index is 12.5. The minimum absolute atomic E-state index is 0.0524. The molecule has 0 heterocycles. The summed E-state index contributed by atoms with van der Waals surface area (Å²) in [4.78, 5) is 0. The van der Waals surface area contributed by atoms with Crippen molar-refractivity contribution < 1.29 is 10.2 Å². The Morgan fingerprint density at radius 1 is 1.10 bits per heavy atom. The third-order valence-corrected chi connectivity index (χ3v) is 10.3. The maximum absolute atomic E-state index is 12.5. The Balaban J connectivity index is 1.50. The second kappa shape index (κ2) is 7.97. The van der Waals surface area contributed by atoms with E-state index in [-0.39, 0.29) is 5.41 Å². The molecule has 3 saturated carbocycles. The van der Waals surface area contributed by atoms with Crippen molar-refractivity contribution in [2.24, 2.45) is 46.3 Å². The van der Waals surface area contributed by atoms with Crippen molar-refractivity contribution in [2.75, 3.05) is 0 Å². The number of hydrogen-bond acceptors (Lipinski definition) is 1. The summed E-state index contributed by atoms with van der Waals surface area (Å²) in [6.07, 6.45) is 13.1. The zero-order valence-electron chi connectivity index (χ0n) is 19.6. The molecule has 9 atom stereocenters. The van der Waals surface area contributed by atoms with Crippen molar-refractivity contribution in [3.05, 3.63) is 11.6 Å². The number of allylic oxidation sites excluding steroid dienone is 1. The van der Waals surface area contributed by atoms with Gasteiger partial charge in [-0.3, -0.25) is 0 Å². The van der Waals surface area contributed by atoms with Crippen LogP contribution in [0.1, 0.15) is 98.8 Å². The van der Waals surface area contributed by atoms with Crippen molar-refractivity contribution in [2.45, 2.75) is 111 Å². The Bertz CT molecular complexity index is 624. The summed E-state index contributed by atoms with van der Waals surface area (Å²) in [5.74, 6) is 4.83. The Morgan fingerprint density at radius 3 is 2.59 bits per heavy atom. The van der Waals surface area contributed by atoms with Crippen LogP contribution in [0.4, 0.5) is 0 Å². The molecule has 0 amide bonds. The topological polar surface area (TPSA) is 40.1 Å². The summed E-state index contributed by atoms with van der Waals surface area (Å²) >= 11 is 0. The Labute approximate surface area is 179 Å². The van der Waals surface area contributed by atoms with Gasteiger partial charge in [0.2, 0.25) is 0 Å². The smallest absolute Gasteiger partial charge is 0.120 e. The molecule has 29 heavy (non-hydrogen) atoms. The van der Waals surface area contributed by atoms with Crippen LogP contribution in [0.5, 0.6) is 0 Å². The van der Waals surface area contributed by atoms with Gasteiger partial charge < -0.3 is 5.11 Å². The van der Waals surface area contributed by atoms with Crippen LogP contribution in [0.2, 0.25) is 0 Å². The maximum Gasteiger partial charge on any atom is 0.120 e. The first-order valence-corrected chi connectivity index (χ1v) is 12.7. The zero-order chi connectivity index (χ0) is 21.0. The third-order valence-electron chi connectivity index (χ3n) is 10.3. The van der Waals surface area contributed by atoms with Crippen LogP contribution in [-0.4, -0.2) is 17.3 Å². The van der Waals surface area contributed by atoms with Gasteiger partial charge in [-0.15, -0.1) is 0 Å². The summed E-state index contributed by atoms with van der Waals surface area (Å²) in [5.41, 5.74) is 1.97. The number of fused-ring (bicyclic) bond motifs is 5. The Hall–Kier alpha value is -0.340. The first kappa shape index (κ1) is 21.9. The van der Waals surface area contributed by atoms with E-state index < -0.39 is 12.2 Å². The molecule has 1 N–H and O–H groups in total. The molecule has 1 unspecified atom stereocenters. The van der Waals surface area contributed by atoms with E-state index in [0.29, 0.717) is 24.2 Å². The summed E-state index contributed by atoms with van der Waals surface area (Å²) in [5, 5.41) is 22.7. The molecule has 0 aliphatic heterocycles. The molecule has 3 fully saturated rings. The van der Waals surface area contributed by atoms with Gasteiger partial charge >= 0.3 is 0 Å². The lowest BCUT2D eigenvalue weighted by molar-refractivity contribution is -0.107. The zero-order valence-corrected chi connectivity index (χ0v) is 19.6. The van der Waals surface area contributed by atoms with Crippen molar-refractivity contribution in [1.82, 2.24) is 0 Å². The molecule has 1 radical (unpaired) electrons. The van der Waals surface area contributed by atoms with E-state index in [9.17, 15) is 10.2 Å². The molecule has 0 aromatic heterocycles. The molecule has 0 spiro atoms. The highest BCUT2D eigenvalue weighted by molar-refractivity contribution is 5.26. The molecule has 4 rings (SSSR count). The van der Waals surface area contributed by atoms with E-state index in [1.54, 1.807) is 0 Å². The molecule has 2 nitrogen and oxygen atoms in total. The third kappa shape index (κ3) is 3.65. The molecule has 0 aromatic carbocycles. The fourth-order valence-corrected chi connectivity index (χ4v) is 8.69. The highest BCUT2D eigenvalue weighted by Gasteiger charge is 2.59. The SMILES string of the molecule is CC(C)CCC[C@@H](C)[C@H]1CC[C@H]2[C@@H]3CC=C4C[C@@H](O)C([O])C[C@]4(C)[C@H]3CC[C@]12C. The largest absolute Gasteiger partial charge is 0.390 e. The quantitative estimate of drug-likeness (QED) is 0.506. The van der Waals surface area contributed by atoms with Crippen LogP contribution in [0, 0.1) is 46.3 Å². The monoisotopic (exact) mass is 401 g/mol. The predicted molar refractivity (Wildman–Crippen MR) is 119 cm³/mol. The van der Waals surface area contributed by atoms with Gasteiger partial charge in [0.15, 0.2) is 0 Å². The summed E-state index contributed by atoms with van der Waals surface area (Å²) in [6, 6.07) is 0. The second-order valence-corrected chi connectivity index (χ2v) is 12.3. The minimum Gasteiger partial charge on any atom is -0.390 e.